The third-order valence-corrected chi connectivity index (χ3v) is 1.60. The van der Waals surface area contributed by atoms with Crippen molar-refractivity contribution in [2.45, 2.75) is 12.8 Å². The molecule has 1 aliphatic rings. The van der Waals surface area contributed by atoms with Crippen molar-refractivity contribution in [1.82, 2.24) is 0 Å². The Labute approximate surface area is 58.0 Å². The summed E-state index contributed by atoms with van der Waals surface area (Å²) in [7, 11) is 0. The third-order valence-electron chi connectivity index (χ3n) is 1.60. The first-order chi connectivity index (χ1) is 4.86. The van der Waals surface area contributed by atoms with Gasteiger partial charge in [-0.2, -0.15) is 0 Å². The van der Waals surface area contributed by atoms with Crippen molar-refractivity contribution < 1.29 is 9.21 Å². The number of hydrogen-bond donors (Lipinski definition) is 1. The van der Waals surface area contributed by atoms with E-state index in [0.717, 1.165) is 17.9 Å². The van der Waals surface area contributed by atoms with E-state index in [0.29, 0.717) is 6.42 Å². The number of hydrogen-bond acceptors (Lipinski definition) is 2. The van der Waals surface area contributed by atoms with E-state index in [4.69, 9.17) is 4.42 Å². The fourth-order valence-electron chi connectivity index (χ4n) is 1.09. The van der Waals surface area contributed by atoms with Gasteiger partial charge in [-0.25, -0.2) is 0 Å². The summed E-state index contributed by atoms with van der Waals surface area (Å²) in [6.07, 6.45) is 2.87. The topological polar surface area (TPSA) is 42.2 Å². The lowest BCUT2D eigenvalue weighted by molar-refractivity contribution is -0.116. The van der Waals surface area contributed by atoms with Crippen molar-refractivity contribution in [1.29, 1.82) is 0 Å². The van der Waals surface area contributed by atoms with Gasteiger partial charge in [0.2, 0.25) is 5.91 Å². The van der Waals surface area contributed by atoms with Crippen LogP contribution in [0.4, 0.5) is 5.69 Å². The Bertz CT molecular complexity index is 264. The van der Waals surface area contributed by atoms with Gasteiger partial charge in [-0.3, -0.25) is 4.79 Å². The molecule has 2 rings (SSSR count). The van der Waals surface area contributed by atoms with Gasteiger partial charge in [0.25, 0.3) is 0 Å². The molecular weight excluding hydrogens is 130 g/mol. The number of aryl methyl sites for hydroxylation is 1. The van der Waals surface area contributed by atoms with Crippen molar-refractivity contribution >= 4 is 11.6 Å². The summed E-state index contributed by atoms with van der Waals surface area (Å²) in [4.78, 5) is 10.8. The van der Waals surface area contributed by atoms with Gasteiger partial charge in [-0.15, -0.1) is 0 Å². The van der Waals surface area contributed by atoms with E-state index in [2.05, 4.69) is 5.32 Å². The highest BCUT2D eigenvalue weighted by Crippen LogP contribution is 2.22. The van der Waals surface area contributed by atoms with Crippen LogP contribution in [0.2, 0.25) is 0 Å². The standard InChI is InChI=1S/C7H7NO2/c9-7-2-1-6-5(8-7)3-4-10-6/h3-4H,1-2H2,(H,8,9). The summed E-state index contributed by atoms with van der Waals surface area (Å²) < 4.78 is 5.09. The largest absolute Gasteiger partial charge is 0.467 e. The van der Waals surface area contributed by atoms with Gasteiger partial charge in [0, 0.05) is 18.9 Å². The first-order valence-electron chi connectivity index (χ1n) is 3.22. The van der Waals surface area contributed by atoms with Crippen molar-refractivity contribution in [2.75, 3.05) is 5.32 Å². The average molecular weight is 137 g/mol. The van der Waals surface area contributed by atoms with E-state index >= 15 is 0 Å². The SMILES string of the molecule is O=C1CCc2occc2N1. The van der Waals surface area contributed by atoms with Crippen LogP contribution in [-0.4, -0.2) is 5.91 Å². The molecule has 0 bridgehead atoms. The number of fused-ring (bicyclic) bond motifs is 1. The number of carbonyl (C=O) groups is 1. The zero-order chi connectivity index (χ0) is 6.97. The van der Waals surface area contributed by atoms with Crippen molar-refractivity contribution in [3.8, 4) is 0 Å². The Hall–Kier alpha value is -1.25. The van der Waals surface area contributed by atoms with Crippen molar-refractivity contribution in [3.05, 3.63) is 18.1 Å². The zero-order valence-corrected chi connectivity index (χ0v) is 5.39. The molecule has 0 aliphatic carbocycles. The lowest BCUT2D eigenvalue weighted by Crippen LogP contribution is -2.17. The Morgan fingerprint density at radius 1 is 1.50 bits per heavy atom. The molecule has 2 heterocycles. The Kier molecular flexibility index (Phi) is 1.03. The van der Waals surface area contributed by atoms with Gasteiger partial charge in [0.1, 0.15) is 5.76 Å². The van der Waals surface area contributed by atoms with Crippen molar-refractivity contribution in [2.24, 2.45) is 0 Å². The average Bonchev–Trinajstić information content (AvgIpc) is 2.33. The molecule has 1 aromatic rings. The van der Waals surface area contributed by atoms with Gasteiger partial charge in [-0.05, 0) is 0 Å². The molecule has 0 saturated heterocycles. The second-order valence-corrected chi connectivity index (χ2v) is 2.31. The molecule has 52 valence electrons. The van der Waals surface area contributed by atoms with Crippen LogP contribution in [0.1, 0.15) is 12.2 Å². The van der Waals surface area contributed by atoms with Crippen LogP contribution in [-0.2, 0) is 11.2 Å². The van der Waals surface area contributed by atoms with Crippen LogP contribution in [0.25, 0.3) is 0 Å². The molecule has 0 radical (unpaired) electrons. The molecule has 0 aromatic carbocycles. The predicted octanol–water partition coefficient (Wildman–Crippen LogP) is 1.16. The molecule has 1 aromatic heterocycles. The molecule has 0 saturated carbocycles. The molecule has 0 unspecified atom stereocenters. The number of nitrogens with one attached hydrogen (secondary N) is 1. The van der Waals surface area contributed by atoms with E-state index in [1.165, 1.54) is 0 Å². The van der Waals surface area contributed by atoms with Crippen LogP contribution in [0.15, 0.2) is 16.7 Å². The quantitative estimate of drug-likeness (QED) is 0.583. The van der Waals surface area contributed by atoms with Gasteiger partial charge in [0.05, 0.1) is 12.0 Å². The van der Waals surface area contributed by atoms with Gasteiger partial charge in [-0.1, -0.05) is 0 Å². The highest BCUT2D eigenvalue weighted by Gasteiger charge is 2.16. The number of amides is 1. The Morgan fingerprint density at radius 2 is 2.40 bits per heavy atom. The van der Waals surface area contributed by atoms with E-state index < -0.39 is 0 Å². The lowest BCUT2D eigenvalue weighted by Gasteiger charge is -2.09. The first-order valence-corrected chi connectivity index (χ1v) is 3.22. The summed E-state index contributed by atoms with van der Waals surface area (Å²) in [5.74, 6) is 0.966. The highest BCUT2D eigenvalue weighted by atomic mass is 16.3. The van der Waals surface area contributed by atoms with Gasteiger partial charge >= 0.3 is 0 Å². The fourth-order valence-corrected chi connectivity index (χ4v) is 1.09. The number of rotatable bonds is 0. The van der Waals surface area contributed by atoms with Crippen molar-refractivity contribution in [3.63, 3.8) is 0 Å². The second kappa shape index (κ2) is 1.87. The molecule has 0 atom stereocenters. The monoisotopic (exact) mass is 137 g/mol. The Balaban J connectivity index is 2.39. The Morgan fingerprint density at radius 3 is 3.30 bits per heavy atom. The van der Waals surface area contributed by atoms with Gasteiger partial charge in [0.15, 0.2) is 0 Å². The molecule has 0 fully saturated rings. The van der Waals surface area contributed by atoms with Crippen LogP contribution in [0.3, 0.4) is 0 Å². The van der Waals surface area contributed by atoms with E-state index in [1.807, 2.05) is 0 Å². The molecule has 1 amide bonds. The van der Waals surface area contributed by atoms with E-state index in [-0.39, 0.29) is 5.91 Å². The molecule has 3 heteroatoms. The highest BCUT2D eigenvalue weighted by molar-refractivity contribution is 5.93. The predicted molar refractivity (Wildman–Crippen MR) is 35.7 cm³/mol. The molecule has 0 spiro atoms. The van der Waals surface area contributed by atoms with E-state index in [9.17, 15) is 4.79 Å². The number of anilines is 1. The fraction of sp³-hybridized carbons (Fsp3) is 0.286. The summed E-state index contributed by atoms with van der Waals surface area (Å²) >= 11 is 0. The minimum Gasteiger partial charge on any atom is -0.467 e. The summed E-state index contributed by atoms with van der Waals surface area (Å²) in [5.41, 5.74) is 0.830. The third kappa shape index (κ3) is 0.708. The maximum Gasteiger partial charge on any atom is 0.224 e. The first kappa shape index (κ1) is 5.53. The summed E-state index contributed by atoms with van der Waals surface area (Å²) in [6.45, 7) is 0. The van der Waals surface area contributed by atoms with E-state index in [1.54, 1.807) is 12.3 Å². The van der Waals surface area contributed by atoms with Crippen LogP contribution >= 0.6 is 0 Å². The minimum atomic E-state index is 0.0777. The van der Waals surface area contributed by atoms with Crippen LogP contribution < -0.4 is 5.32 Å². The second-order valence-electron chi connectivity index (χ2n) is 2.31. The lowest BCUT2D eigenvalue weighted by atomic mass is 10.1. The molecule has 10 heavy (non-hydrogen) atoms. The zero-order valence-electron chi connectivity index (χ0n) is 5.39. The van der Waals surface area contributed by atoms with Crippen LogP contribution in [0.5, 0.6) is 0 Å². The smallest absolute Gasteiger partial charge is 0.224 e. The molecular formula is C7H7NO2. The normalized spacial score (nSPS) is 16.2. The molecule has 3 nitrogen and oxygen atoms in total. The summed E-state index contributed by atoms with van der Waals surface area (Å²) in [6, 6.07) is 1.77. The van der Waals surface area contributed by atoms with Gasteiger partial charge < -0.3 is 9.73 Å². The van der Waals surface area contributed by atoms with Crippen LogP contribution in [0, 0.1) is 0 Å². The number of carbonyl (C=O) groups excluding carboxylic acids is 1. The number of furan rings is 1. The molecule has 1 N–H and O–H groups in total. The maximum absolute atomic E-state index is 10.8. The maximum atomic E-state index is 10.8. The minimum absolute atomic E-state index is 0.0777. The molecule has 1 aliphatic heterocycles. The summed E-state index contributed by atoms with van der Waals surface area (Å²) in [5, 5.41) is 2.71.